The van der Waals surface area contributed by atoms with E-state index in [1.165, 1.54) is 5.57 Å². The molecule has 88 valence electrons. The van der Waals surface area contributed by atoms with Crippen molar-refractivity contribution in [3.05, 3.63) is 40.4 Å². The van der Waals surface area contributed by atoms with E-state index in [-0.39, 0.29) is 0 Å². The van der Waals surface area contributed by atoms with Gasteiger partial charge in [-0.1, -0.05) is 17.2 Å². The van der Waals surface area contributed by atoms with E-state index in [0.29, 0.717) is 13.2 Å². The molecule has 16 heavy (non-hydrogen) atoms. The zero-order valence-electron chi connectivity index (χ0n) is 9.79. The molecule has 0 unspecified atom stereocenters. The van der Waals surface area contributed by atoms with Crippen molar-refractivity contribution in [1.82, 2.24) is 0 Å². The maximum absolute atomic E-state index is 5.93. The zero-order valence-corrected chi connectivity index (χ0v) is 10.6. The van der Waals surface area contributed by atoms with Crippen molar-refractivity contribution in [2.75, 3.05) is 13.2 Å². The van der Waals surface area contributed by atoms with E-state index >= 15 is 0 Å². The summed E-state index contributed by atoms with van der Waals surface area (Å²) in [5.74, 6) is 0.868. The Labute approximate surface area is 102 Å². The Bertz CT molecular complexity index is 370. The van der Waals surface area contributed by atoms with E-state index in [0.717, 1.165) is 22.8 Å². The van der Waals surface area contributed by atoms with E-state index in [4.69, 9.17) is 22.1 Å². The summed E-state index contributed by atoms with van der Waals surface area (Å²) in [6.45, 7) is 5.28. The van der Waals surface area contributed by atoms with Gasteiger partial charge in [0, 0.05) is 5.02 Å². The van der Waals surface area contributed by atoms with Gasteiger partial charge in [0.05, 0.1) is 0 Å². The van der Waals surface area contributed by atoms with Crippen molar-refractivity contribution >= 4 is 11.6 Å². The topological polar surface area (TPSA) is 35.2 Å². The number of nitrogens with two attached hydrogens (primary N) is 1. The molecule has 0 radical (unpaired) electrons. The fraction of sp³-hybridized carbons (Fsp3) is 0.385. The highest BCUT2D eigenvalue weighted by Gasteiger charge is 2.03. The molecule has 0 atom stereocenters. The molecule has 0 aliphatic heterocycles. The molecule has 0 aliphatic carbocycles. The molecule has 1 aromatic carbocycles. The molecule has 0 aromatic heterocycles. The Hall–Kier alpha value is -0.990. The molecule has 0 spiro atoms. The molecule has 0 saturated carbocycles. The molecule has 2 N–H and O–H groups in total. The third-order valence-corrected chi connectivity index (χ3v) is 2.40. The molecule has 1 aromatic rings. The molecule has 2 nitrogen and oxygen atoms in total. The van der Waals surface area contributed by atoms with Gasteiger partial charge in [0.25, 0.3) is 0 Å². The third kappa shape index (κ3) is 4.25. The minimum Gasteiger partial charge on any atom is -0.489 e. The Morgan fingerprint density at radius 3 is 2.81 bits per heavy atom. The number of rotatable bonds is 5. The maximum Gasteiger partial charge on any atom is 0.123 e. The van der Waals surface area contributed by atoms with E-state index in [9.17, 15) is 0 Å². The lowest BCUT2D eigenvalue weighted by molar-refractivity contribution is 0.358. The van der Waals surface area contributed by atoms with Crippen LogP contribution in [0.5, 0.6) is 5.75 Å². The van der Waals surface area contributed by atoms with E-state index in [2.05, 4.69) is 0 Å². The van der Waals surface area contributed by atoms with Gasteiger partial charge in [-0.2, -0.15) is 0 Å². The quantitative estimate of drug-likeness (QED) is 0.801. The van der Waals surface area contributed by atoms with Gasteiger partial charge in [0.1, 0.15) is 12.4 Å². The van der Waals surface area contributed by atoms with E-state index in [1.807, 2.05) is 38.1 Å². The number of benzene rings is 1. The lowest BCUT2D eigenvalue weighted by Crippen LogP contribution is -2.05. The second kappa shape index (κ2) is 6.56. The number of halogens is 1. The highest BCUT2D eigenvalue weighted by molar-refractivity contribution is 6.30. The molecular weight excluding hydrogens is 222 g/mol. The Kier molecular flexibility index (Phi) is 5.36. The van der Waals surface area contributed by atoms with E-state index in [1.54, 1.807) is 0 Å². The molecule has 0 aliphatic rings. The summed E-state index contributed by atoms with van der Waals surface area (Å²) in [5, 5.41) is 0.720. The van der Waals surface area contributed by atoms with Crippen LogP contribution in [0.25, 0.3) is 0 Å². The minimum absolute atomic E-state index is 0.585. The standard InChI is InChI=1S/C13H18ClNO/c1-10(2)6-8-16-13-4-3-12(14)9-11(13)5-7-15/h3-4,6,9H,5,7-8,15H2,1-2H3. The van der Waals surface area contributed by atoms with Gasteiger partial charge in [-0.05, 0) is 56.7 Å². The molecular formula is C13H18ClNO. The molecule has 0 heterocycles. The first-order valence-electron chi connectivity index (χ1n) is 5.38. The largest absolute Gasteiger partial charge is 0.489 e. The van der Waals surface area contributed by atoms with Crippen LogP contribution in [0.2, 0.25) is 5.02 Å². The summed E-state index contributed by atoms with van der Waals surface area (Å²) in [6.07, 6.45) is 2.82. The van der Waals surface area contributed by atoms with Crippen LogP contribution in [0, 0.1) is 0 Å². The number of hydrogen-bond donors (Lipinski definition) is 1. The van der Waals surface area contributed by atoms with Crippen LogP contribution in [-0.2, 0) is 6.42 Å². The monoisotopic (exact) mass is 239 g/mol. The molecule has 1 rings (SSSR count). The van der Waals surface area contributed by atoms with Gasteiger partial charge in [0.2, 0.25) is 0 Å². The smallest absolute Gasteiger partial charge is 0.123 e. The average molecular weight is 240 g/mol. The van der Waals surface area contributed by atoms with E-state index < -0.39 is 0 Å². The van der Waals surface area contributed by atoms with Crippen molar-refractivity contribution < 1.29 is 4.74 Å². The predicted octanol–water partition coefficient (Wildman–Crippen LogP) is 3.19. The van der Waals surface area contributed by atoms with Gasteiger partial charge in [-0.3, -0.25) is 0 Å². The predicted molar refractivity (Wildman–Crippen MR) is 69.1 cm³/mol. The van der Waals surface area contributed by atoms with Crippen LogP contribution in [0.15, 0.2) is 29.8 Å². The first-order valence-corrected chi connectivity index (χ1v) is 5.76. The highest BCUT2D eigenvalue weighted by Crippen LogP contribution is 2.23. The van der Waals surface area contributed by atoms with Crippen molar-refractivity contribution in [3.63, 3.8) is 0 Å². The van der Waals surface area contributed by atoms with Crippen molar-refractivity contribution in [1.29, 1.82) is 0 Å². The van der Waals surface area contributed by atoms with Gasteiger partial charge < -0.3 is 10.5 Å². The van der Waals surface area contributed by atoms with Gasteiger partial charge >= 0.3 is 0 Å². The number of hydrogen-bond acceptors (Lipinski definition) is 2. The van der Waals surface area contributed by atoms with Crippen LogP contribution in [-0.4, -0.2) is 13.2 Å². The summed E-state index contributed by atoms with van der Waals surface area (Å²) in [5.41, 5.74) is 7.86. The molecule has 0 amide bonds. The lowest BCUT2D eigenvalue weighted by Gasteiger charge is -2.10. The van der Waals surface area contributed by atoms with Crippen LogP contribution in [0.4, 0.5) is 0 Å². The third-order valence-electron chi connectivity index (χ3n) is 2.17. The zero-order chi connectivity index (χ0) is 12.0. The summed E-state index contributed by atoms with van der Waals surface area (Å²) in [7, 11) is 0. The Morgan fingerprint density at radius 2 is 2.19 bits per heavy atom. The van der Waals surface area contributed by atoms with Gasteiger partial charge in [0.15, 0.2) is 0 Å². The highest BCUT2D eigenvalue weighted by atomic mass is 35.5. The summed E-state index contributed by atoms with van der Waals surface area (Å²) in [4.78, 5) is 0. The fourth-order valence-corrected chi connectivity index (χ4v) is 1.53. The summed E-state index contributed by atoms with van der Waals surface area (Å²) in [6, 6.07) is 5.64. The first-order chi connectivity index (χ1) is 7.63. The van der Waals surface area contributed by atoms with Crippen LogP contribution in [0.1, 0.15) is 19.4 Å². The molecule has 0 saturated heterocycles. The summed E-state index contributed by atoms with van der Waals surface area (Å²) < 4.78 is 5.66. The minimum atomic E-state index is 0.585. The summed E-state index contributed by atoms with van der Waals surface area (Å²) >= 11 is 5.93. The molecule has 0 fully saturated rings. The number of ether oxygens (including phenoxy) is 1. The van der Waals surface area contributed by atoms with Crippen LogP contribution >= 0.6 is 11.6 Å². The van der Waals surface area contributed by atoms with Crippen LogP contribution < -0.4 is 10.5 Å². The average Bonchev–Trinajstić information content (AvgIpc) is 2.21. The normalized spacial score (nSPS) is 10.0. The second-order valence-corrected chi connectivity index (χ2v) is 4.32. The molecule has 0 bridgehead atoms. The molecule has 3 heteroatoms. The van der Waals surface area contributed by atoms with Gasteiger partial charge in [-0.25, -0.2) is 0 Å². The second-order valence-electron chi connectivity index (χ2n) is 3.88. The van der Waals surface area contributed by atoms with Gasteiger partial charge in [-0.15, -0.1) is 0 Å². The van der Waals surface area contributed by atoms with Crippen LogP contribution in [0.3, 0.4) is 0 Å². The van der Waals surface area contributed by atoms with Crippen molar-refractivity contribution in [2.24, 2.45) is 5.73 Å². The number of allylic oxidation sites excluding steroid dienone is 1. The Morgan fingerprint density at radius 1 is 1.44 bits per heavy atom. The fourth-order valence-electron chi connectivity index (χ4n) is 1.34. The van der Waals surface area contributed by atoms with Crippen molar-refractivity contribution in [2.45, 2.75) is 20.3 Å². The maximum atomic E-state index is 5.93. The first kappa shape index (κ1) is 13.1. The Balaban J connectivity index is 2.74. The SMILES string of the molecule is CC(C)=CCOc1ccc(Cl)cc1CCN. The lowest BCUT2D eigenvalue weighted by atomic mass is 10.1. The van der Waals surface area contributed by atoms with Crippen molar-refractivity contribution in [3.8, 4) is 5.75 Å².